The fraction of sp³-hybridized carbons (Fsp3) is 0.947. The van der Waals surface area contributed by atoms with Gasteiger partial charge in [0.2, 0.25) is 0 Å². The summed E-state index contributed by atoms with van der Waals surface area (Å²) < 4.78 is 0. The maximum atomic E-state index is 4.70. The number of allylic oxidation sites excluding steroid dienone is 1. The molecule has 3 rings (SSSR count). The summed E-state index contributed by atoms with van der Waals surface area (Å²) in [6, 6.07) is 0. The summed E-state index contributed by atoms with van der Waals surface area (Å²) in [4.78, 5) is 0. The van der Waals surface area contributed by atoms with Crippen LogP contribution in [0.1, 0.15) is 165 Å². The van der Waals surface area contributed by atoms with Crippen LogP contribution in [0.5, 0.6) is 0 Å². The molecule has 38 heavy (non-hydrogen) atoms. The molecule has 3 saturated carbocycles. The Hall–Kier alpha value is -0.260. The summed E-state index contributed by atoms with van der Waals surface area (Å²) in [5.41, 5.74) is 1.37. The third-order valence-electron chi connectivity index (χ3n) is 13.5. The lowest BCUT2D eigenvalue weighted by Gasteiger charge is -2.66. The van der Waals surface area contributed by atoms with E-state index >= 15 is 0 Å². The van der Waals surface area contributed by atoms with Crippen molar-refractivity contribution in [3.8, 4) is 0 Å². The number of hydrogen-bond acceptors (Lipinski definition) is 0. The van der Waals surface area contributed by atoms with Crippen molar-refractivity contribution < 1.29 is 0 Å². The fourth-order valence-corrected chi connectivity index (χ4v) is 11.6. The average Bonchev–Trinajstić information content (AvgIpc) is 3.14. The zero-order chi connectivity index (χ0) is 28.1. The molecule has 0 bridgehead atoms. The molecule has 3 fully saturated rings. The summed E-state index contributed by atoms with van der Waals surface area (Å²) in [6.45, 7) is 27.6. The van der Waals surface area contributed by atoms with E-state index in [4.69, 9.17) is 6.58 Å². The highest BCUT2D eigenvalue weighted by Gasteiger charge is 2.67. The molecular formula is C38H70. The van der Waals surface area contributed by atoms with E-state index < -0.39 is 0 Å². The van der Waals surface area contributed by atoms with E-state index in [-0.39, 0.29) is 0 Å². The topological polar surface area (TPSA) is 0 Å². The Morgan fingerprint density at radius 2 is 1.50 bits per heavy atom. The smallest absolute Gasteiger partial charge is 0.00511 e. The molecule has 11 atom stereocenters. The molecule has 0 amide bonds. The van der Waals surface area contributed by atoms with Gasteiger partial charge in [-0.1, -0.05) is 126 Å². The Morgan fingerprint density at radius 3 is 2.13 bits per heavy atom. The normalized spacial score (nSPS) is 42.3. The molecular weight excluding hydrogens is 456 g/mol. The zero-order valence-electron chi connectivity index (χ0n) is 27.7. The molecule has 0 saturated heterocycles. The van der Waals surface area contributed by atoms with Gasteiger partial charge in [-0.05, 0) is 109 Å². The molecule has 222 valence electrons. The van der Waals surface area contributed by atoms with E-state index in [9.17, 15) is 0 Å². The lowest BCUT2D eigenvalue weighted by atomic mass is 9.38. The summed E-state index contributed by atoms with van der Waals surface area (Å²) in [5.74, 6) is 7.04. The van der Waals surface area contributed by atoms with Crippen molar-refractivity contribution in [2.75, 3.05) is 0 Å². The molecule has 11 unspecified atom stereocenters. The molecule has 0 heterocycles. The first kappa shape index (κ1) is 32.3. The van der Waals surface area contributed by atoms with E-state index in [1.165, 1.54) is 103 Å². The van der Waals surface area contributed by atoms with Gasteiger partial charge in [0.15, 0.2) is 0 Å². The van der Waals surface area contributed by atoms with Gasteiger partial charge in [-0.2, -0.15) is 0 Å². The minimum absolute atomic E-state index is 0.363. The minimum Gasteiger partial charge on any atom is -0.103 e. The molecule has 0 aromatic rings. The number of hydrogen-bond donors (Lipinski definition) is 0. The molecule has 0 aromatic carbocycles. The van der Waals surface area contributed by atoms with Crippen LogP contribution in [-0.2, 0) is 0 Å². The Kier molecular flexibility index (Phi) is 11.5. The van der Waals surface area contributed by atoms with Crippen molar-refractivity contribution >= 4 is 0 Å². The Bertz CT molecular complexity index is 722. The van der Waals surface area contributed by atoms with Gasteiger partial charge in [-0.15, -0.1) is 6.58 Å². The van der Waals surface area contributed by atoms with Crippen molar-refractivity contribution in [1.29, 1.82) is 0 Å². The van der Waals surface area contributed by atoms with Crippen LogP contribution in [0.4, 0.5) is 0 Å². The highest BCUT2D eigenvalue weighted by atomic mass is 14.7. The van der Waals surface area contributed by atoms with E-state index in [1.807, 2.05) is 0 Å². The molecule has 0 aromatic heterocycles. The standard InChI is InChI=1S/C38H70/c1-11-18-29(6)20-17-22-33-31(8)27-38(14-4)34(36(33,9)24-12-2)23-25-37(10)32(30(7)26-35(37)38)21-16-15-19-28(5)13-3/h14,28-35H,4,11-13,15-27H2,1-3,5-10H3. The molecule has 0 nitrogen and oxygen atoms in total. The quantitative estimate of drug-likeness (QED) is 0.147. The first-order valence-corrected chi connectivity index (χ1v) is 17.7. The van der Waals surface area contributed by atoms with Gasteiger partial charge in [-0.25, -0.2) is 0 Å². The third kappa shape index (κ3) is 6.15. The van der Waals surface area contributed by atoms with E-state index in [0.29, 0.717) is 16.2 Å². The Labute approximate surface area is 241 Å². The van der Waals surface area contributed by atoms with Crippen LogP contribution in [0, 0.1) is 63.6 Å². The predicted octanol–water partition coefficient (Wildman–Crippen LogP) is 12.5. The lowest BCUT2D eigenvalue weighted by Crippen LogP contribution is -2.59. The molecule has 3 aliphatic rings. The van der Waals surface area contributed by atoms with Gasteiger partial charge >= 0.3 is 0 Å². The van der Waals surface area contributed by atoms with E-state index in [2.05, 4.69) is 68.4 Å². The molecule has 0 spiro atoms. The minimum atomic E-state index is 0.363. The average molecular weight is 527 g/mol. The SMILES string of the molecule is C=CC12CC(C)C(CCCC(C)CCC)C(C)(CCC)C1CCC1(C)C(CCCCC(C)CC)C(C)CC12. The number of unbranched alkanes of at least 4 members (excludes halogenated alkanes) is 1. The summed E-state index contributed by atoms with van der Waals surface area (Å²) in [5, 5.41) is 0. The van der Waals surface area contributed by atoms with Crippen LogP contribution in [-0.4, -0.2) is 0 Å². The van der Waals surface area contributed by atoms with Gasteiger partial charge in [0, 0.05) is 0 Å². The van der Waals surface area contributed by atoms with Crippen LogP contribution < -0.4 is 0 Å². The van der Waals surface area contributed by atoms with E-state index in [0.717, 1.165) is 47.3 Å². The summed E-state index contributed by atoms with van der Waals surface area (Å²) in [7, 11) is 0. The van der Waals surface area contributed by atoms with Crippen LogP contribution in [0.3, 0.4) is 0 Å². The second-order valence-electron chi connectivity index (χ2n) is 16.0. The maximum Gasteiger partial charge on any atom is -0.00511 e. The van der Waals surface area contributed by atoms with Gasteiger partial charge < -0.3 is 0 Å². The Balaban J connectivity index is 1.82. The molecule has 3 aliphatic carbocycles. The molecule has 0 radical (unpaired) electrons. The largest absolute Gasteiger partial charge is 0.103 e. The monoisotopic (exact) mass is 527 g/mol. The van der Waals surface area contributed by atoms with Gasteiger partial charge in [0.05, 0.1) is 0 Å². The van der Waals surface area contributed by atoms with Gasteiger partial charge in [0.1, 0.15) is 0 Å². The summed E-state index contributed by atoms with van der Waals surface area (Å²) in [6.07, 6.45) is 25.4. The van der Waals surface area contributed by atoms with Gasteiger partial charge in [-0.3, -0.25) is 0 Å². The summed E-state index contributed by atoms with van der Waals surface area (Å²) >= 11 is 0. The van der Waals surface area contributed by atoms with Crippen molar-refractivity contribution in [2.45, 2.75) is 165 Å². The van der Waals surface area contributed by atoms with E-state index in [1.54, 1.807) is 0 Å². The maximum absolute atomic E-state index is 4.70. The molecule has 0 aliphatic heterocycles. The van der Waals surface area contributed by atoms with Crippen LogP contribution in [0.2, 0.25) is 0 Å². The fourth-order valence-electron chi connectivity index (χ4n) is 11.6. The lowest BCUT2D eigenvalue weighted by molar-refractivity contribution is -0.161. The number of rotatable bonds is 15. The van der Waals surface area contributed by atoms with Crippen molar-refractivity contribution in [3.05, 3.63) is 12.7 Å². The Morgan fingerprint density at radius 1 is 0.816 bits per heavy atom. The molecule has 0 heteroatoms. The van der Waals surface area contributed by atoms with Crippen LogP contribution in [0.15, 0.2) is 12.7 Å². The second kappa shape index (κ2) is 13.6. The van der Waals surface area contributed by atoms with Crippen molar-refractivity contribution in [3.63, 3.8) is 0 Å². The first-order valence-electron chi connectivity index (χ1n) is 17.7. The third-order valence-corrected chi connectivity index (χ3v) is 13.5. The van der Waals surface area contributed by atoms with Crippen molar-refractivity contribution in [1.82, 2.24) is 0 Å². The van der Waals surface area contributed by atoms with Crippen LogP contribution >= 0.6 is 0 Å². The van der Waals surface area contributed by atoms with Crippen LogP contribution in [0.25, 0.3) is 0 Å². The van der Waals surface area contributed by atoms with Gasteiger partial charge in [0.25, 0.3) is 0 Å². The predicted molar refractivity (Wildman–Crippen MR) is 170 cm³/mol. The highest BCUT2D eigenvalue weighted by molar-refractivity contribution is 5.20. The first-order chi connectivity index (χ1) is 18.0. The second-order valence-corrected chi connectivity index (χ2v) is 16.0. The number of fused-ring (bicyclic) bond motifs is 3. The molecule has 0 N–H and O–H groups in total. The van der Waals surface area contributed by atoms with Crippen molar-refractivity contribution in [2.24, 2.45) is 63.6 Å². The zero-order valence-corrected chi connectivity index (χ0v) is 27.7. The highest BCUT2D eigenvalue weighted by Crippen LogP contribution is 2.74.